The van der Waals surface area contributed by atoms with E-state index in [2.05, 4.69) is 4.74 Å². The number of carbonyl (C=O) groups excluding carboxylic acids is 1. The number of rotatable bonds is 3. The first kappa shape index (κ1) is 15.7. The van der Waals surface area contributed by atoms with Crippen LogP contribution in [0.25, 0.3) is 5.57 Å². The number of esters is 1. The third-order valence-electron chi connectivity index (χ3n) is 2.78. The number of hydrogen-bond acceptors (Lipinski definition) is 5. The Balaban J connectivity index is 0.00000180. The molecule has 0 spiro atoms. The van der Waals surface area contributed by atoms with E-state index in [4.69, 9.17) is 5.73 Å². The second-order valence-electron chi connectivity index (χ2n) is 4.02. The molecule has 1 aliphatic rings. The predicted molar refractivity (Wildman–Crippen MR) is 73.5 cm³/mol. The summed E-state index contributed by atoms with van der Waals surface area (Å²) in [6, 6.07) is 5.79. The molecule has 0 saturated heterocycles. The van der Waals surface area contributed by atoms with E-state index in [0.717, 1.165) is 0 Å². The molecule has 0 amide bonds. The highest BCUT2D eigenvalue weighted by molar-refractivity contribution is 7.95. The first-order chi connectivity index (χ1) is 8.45. The second-order valence-corrected chi connectivity index (χ2v) is 5.78. The zero-order valence-electron chi connectivity index (χ0n) is 10.2. The highest BCUT2D eigenvalue weighted by Crippen LogP contribution is 2.35. The minimum absolute atomic E-state index is 0. The number of methoxy groups -OCH3 is 1. The SMILES string of the molecule is COC(=O)[C@@H](N)CC1=CS(=O)(=O)c2ccccc21.Cl. The van der Waals surface area contributed by atoms with Crippen LogP contribution in [0, 0.1) is 0 Å². The van der Waals surface area contributed by atoms with Crippen LogP contribution in [0.5, 0.6) is 0 Å². The van der Waals surface area contributed by atoms with Gasteiger partial charge in [0.05, 0.1) is 12.0 Å². The predicted octanol–water partition coefficient (Wildman–Crippen LogP) is 1.13. The molecular weight excluding hydrogens is 290 g/mol. The Morgan fingerprint density at radius 2 is 2.00 bits per heavy atom. The molecule has 1 aromatic carbocycles. The van der Waals surface area contributed by atoms with E-state index >= 15 is 0 Å². The van der Waals surface area contributed by atoms with Gasteiger partial charge in [0.2, 0.25) is 9.84 Å². The van der Waals surface area contributed by atoms with Crippen molar-refractivity contribution in [1.29, 1.82) is 0 Å². The topological polar surface area (TPSA) is 86.5 Å². The average Bonchev–Trinajstić information content (AvgIpc) is 2.61. The lowest BCUT2D eigenvalue weighted by molar-refractivity contribution is -0.142. The van der Waals surface area contributed by atoms with Crippen molar-refractivity contribution in [1.82, 2.24) is 0 Å². The average molecular weight is 304 g/mol. The summed E-state index contributed by atoms with van der Waals surface area (Å²) in [7, 11) is -2.16. The van der Waals surface area contributed by atoms with Crippen LogP contribution in [0.3, 0.4) is 0 Å². The Hall–Kier alpha value is -1.37. The fourth-order valence-electron chi connectivity index (χ4n) is 1.92. The number of sulfone groups is 1. The molecule has 0 radical (unpaired) electrons. The van der Waals surface area contributed by atoms with Crippen LogP contribution in [-0.2, 0) is 19.4 Å². The monoisotopic (exact) mass is 303 g/mol. The van der Waals surface area contributed by atoms with Crippen molar-refractivity contribution >= 4 is 33.8 Å². The van der Waals surface area contributed by atoms with Crippen LogP contribution in [0.4, 0.5) is 0 Å². The Kier molecular flexibility index (Phi) is 4.73. The number of ether oxygens (including phenoxy) is 1. The van der Waals surface area contributed by atoms with Crippen molar-refractivity contribution in [2.45, 2.75) is 17.4 Å². The van der Waals surface area contributed by atoms with E-state index in [1.54, 1.807) is 18.2 Å². The molecule has 0 fully saturated rings. The molecule has 0 unspecified atom stereocenters. The molecule has 0 bridgehead atoms. The quantitative estimate of drug-likeness (QED) is 0.846. The fraction of sp³-hybridized carbons (Fsp3) is 0.250. The molecule has 2 rings (SSSR count). The summed E-state index contributed by atoms with van der Waals surface area (Å²) >= 11 is 0. The molecule has 0 aromatic heterocycles. The number of carbonyl (C=O) groups is 1. The first-order valence-corrected chi connectivity index (χ1v) is 6.89. The zero-order chi connectivity index (χ0) is 13.3. The van der Waals surface area contributed by atoms with Crippen molar-refractivity contribution in [2.24, 2.45) is 5.73 Å². The van der Waals surface area contributed by atoms with Gasteiger partial charge in [-0.25, -0.2) is 8.42 Å². The summed E-state index contributed by atoms with van der Waals surface area (Å²) < 4.78 is 28.2. The summed E-state index contributed by atoms with van der Waals surface area (Å²) in [4.78, 5) is 11.5. The molecule has 1 atom stereocenters. The van der Waals surface area contributed by atoms with Gasteiger partial charge in [-0.1, -0.05) is 18.2 Å². The minimum Gasteiger partial charge on any atom is -0.468 e. The lowest BCUT2D eigenvalue weighted by atomic mass is 10.0. The van der Waals surface area contributed by atoms with E-state index in [1.165, 1.54) is 18.6 Å². The maximum Gasteiger partial charge on any atom is 0.322 e. The van der Waals surface area contributed by atoms with Crippen LogP contribution in [0.2, 0.25) is 0 Å². The van der Waals surface area contributed by atoms with Gasteiger partial charge in [-0.05, 0) is 23.6 Å². The number of benzene rings is 1. The third kappa shape index (κ3) is 2.97. The van der Waals surface area contributed by atoms with Gasteiger partial charge >= 0.3 is 5.97 Å². The molecule has 19 heavy (non-hydrogen) atoms. The maximum absolute atomic E-state index is 11.9. The first-order valence-electron chi connectivity index (χ1n) is 5.34. The smallest absolute Gasteiger partial charge is 0.322 e. The lowest BCUT2D eigenvalue weighted by Crippen LogP contribution is -2.31. The largest absolute Gasteiger partial charge is 0.468 e. The van der Waals surface area contributed by atoms with Crippen LogP contribution >= 0.6 is 12.4 Å². The van der Waals surface area contributed by atoms with Gasteiger partial charge in [-0.2, -0.15) is 0 Å². The Labute approximate surface area is 117 Å². The molecule has 1 aromatic rings. The summed E-state index contributed by atoms with van der Waals surface area (Å²) in [5.41, 5.74) is 6.80. The summed E-state index contributed by atoms with van der Waals surface area (Å²) in [5, 5.41) is 1.17. The molecule has 104 valence electrons. The van der Waals surface area contributed by atoms with Gasteiger partial charge in [0, 0.05) is 5.41 Å². The minimum atomic E-state index is -3.40. The highest BCUT2D eigenvalue weighted by atomic mass is 35.5. The highest BCUT2D eigenvalue weighted by Gasteiger charge is 2.28. The van der Waals surface area contributed by atoms with Gasteiger partial charge in [0.15, 0.2) is 0 Å². The number of nitrogens with two attached hydrogens (primary N) is 1. The van der Waals surface area contributed by atoms with Gasteiger partial charge in [0.1, 0.15) is 6.04 Å². The van der Waals surface area contributed by atoms with Crippen LogP contribution in [-0.4, -0.2) is 27.5 Å². The summed E-state index contributed by atoms with van der Waals surface area (Å²) in [5.74, 6) is -0.558. The molecule has 5 nitrogen and oxygen atoms in total. The molecular formula is C12H14ClNO4S. The van der Waals surface area contributed by atoms with E-state index in [1.807, 2.05) is 0 Å². The summed E-state index contributed by atoms with van der Waals surface area (Å²) in [6.45, 7) is 0. The van der Waals surface area contributed by atoms with E-state index in [9.17, 15) is 13.2 Å². The van der Waals surface area contributed by atoms with Gasteiger partial charge in [-0.15, -0.1) is 12.4 Å². The number of halogens is 1. The standard InChI is InChI=1S/C12H13NO4S.ClH/c1-17-12(14)10(13)6-8-7-18(15,16)11-5-3-2-4-9(8)11;/h2-5,7,10H,6,13H2,1H3;1H/t10-;/m0./s1. The molecule has 7 heteroatoms. The van der Waals surface area contributed by atoms with Crippen molar-refractivity contribution in [3.8, 4) is 0 Å². The zero-order valence-corrected chi connectivity index (χ0v) is 11.8. The Morgan fingerprint density at radius 3 is 2.63 bits per heavy atom. The molecule has 2 N–H and O–H groups in total. The lowest BCUT2D eigenvalue weighted by Gasteiger charge is -2.10. The molecule has 0 saturated carbocycles. The maximum atomic E-state index is 11.9. The Bertz CT molecular complexity index is 624. The Morgan fingerprint density at radius 1 is 1.37 bits per heavy atom. The van der Waals surface area contributed by atoms with Crippen molar-refractivity contribution in [3.05, 3.63) is 35.2 Å². The van der Waals surface area contributed by atoms with E-state index < -0.39 is 21.8 Å². The third-order valence-corrected chi connectivity index (χ3v) is 4.34. The van der Waals surface area contributed by atoms with E-state index in [0.29, 0.717) is 11.1 Å². The number of hydrogen-bond donors (Lipinski definition) is 1. The molecule has 1 heterocycles. The van der Waals surface area contributed by atoms with Crippen molar-refractivity contribution in [3.63, 3.8) is 0 Å². The van der Waals surface area contributed by atoms with Gasteiger partial charge < -0.3 is 10.5 Å². The van der Waals surface area contributed by atoms with Gasteiger partial charge in [0.25, 0.3) is 0 Å². The molecule has 0 aliphatic carbocycles. The normalized spacial score (nSPS) is 16.8. The van der Waals surface area contributed by atoms with Crippen molar-refractivity contribution < 1.29 is 17.9 Å². The number of fused-ring (bicyclic) bond motifs is 1. The van der Waals surface area contributed by atoms with Gasteiger partial charge in [-0.3, -0.25) is 4.79 Å². The summed E-state index contributed by atoms with van der Waals surface area (Å²) in [6.07, 6.45) is 0.142. The van der Waals surface area contributed by atoms with Crippen LogP contribution in [0.1, 0.15) is 12.0 Å². The molecule has 1 aliphatic heterocycles. The van der Waals surface area contributed by atoms with Crippen LogP contribution < -0.4 is 5.73 Å². The second kappa shape index (κ2) is 5.73. The van der Waals surface area contributed by atoms with E-state index in [-0.39, 0.29) is 23.7 Å². The fourth-order valence-corrected chi connectivity index (χ4v) is 3.42. The van der Waals surface area contributed by atoms with Crippen molar-refractivity contribution in [2.75, 3.05) is 7.11 Å². The van der Waals surface area contributed by atoms with Crippen LogP contribution in [0.15, 0.2) is 34.6 Å².